The van der Waals surface area contributed by atoms with Gasteiger partial charge in [0.05, 0.1) is 5.02 Å². The van der Waals surface area contributed by atoms with Crippen LogP contribution in [-0.4, -0.2) is 42.9 Å². The summed E-state index contributed by atoms with van der Waals surface area (Å²) in [4.78, 5) is 2.34. The van der Waals surface area contributed by atoms with Crippen molar-refractivity contribution in [2.24, 2.45) is 5.92 Å². The number of rotatable bonds is 3. The Morgan fingerprint density at radius 3 is 2.95 bits per heavy atom. The number of hydrogen-bond acceptors (Lipinski definition) is 4. The summed E-state index contributed by atoms with van der Waals surface area (Å²) in [5, 5.41) is 9.78. The smallest absolute Gasteiger partial charge is 0.179 e. The zero-order valence-electron chi connectivity index (χ0n) is 10.8. The van der Waals surface area contributed by atoms with E-state index in [-0.39, 0.29) is 6.61 Å². The number of fused-ring (bicyclic) bond motifs is 1. The van der Waals surface area contributed by atoms with Gasteiger partial charge in [0.15, 0.2) is 11.5 Å². The number of hydrogen-bond donors (Lipinski definition) is 1. The molecule has 2 aliphatic rings. The lowest BCUT2D eigenvalue weighted by Crippen LogP contribution is -2.21. The normalized spacial score (nSPS) is 22.7. The average Bonchev–Trinajstić information content (AvgIpc) is 2.86. The second kappa shape index (κ2) is 5.57. The van der Waals surface area contributed by atoms with Crippen molar-refractivity contribution in [1.29, 1.82) is 0 Å². The van der Waals surface area contributed by atoms with Crippen LogP contribution in [0.1, 0.15) is 12.0 Å². The molecule has 1 N–H and O–H groups in total. The molecule has 1 aromatic carbocycles. The lowest BCUT2D eigenvalue weighted by molar-refractivity contribution is 0.171. The van der Waals surface area contributed by atoms with Crippen LogP contribution in [0.15, 0.2) is 12.1 Å². The van der Waals surface area contributed by atoms with E-state index in [9.17, 15) is 0 Å². The van der Waals surface area contributed by atoms with Crippen LogP contribution in [0.4, 0.5) is 0 Å². The second-order valence-corrected chi connectivity index (χ2v) is 5.58. The first-order chi connectivity index (χ1) is 9.26. The molecular formula is C14H18ClNO3. The van der Waals surface area contributed by atoms with Crippen LogP contribution in [0.25, 0.3) is 0 Å². The van der Waals surface area contributed by atoms with Gasteiger partial charge in [-0.05, 0) is 36.6 Å². The fourth-order valence-electron chi connectivity index (χ4n) is 2.72. The molecule has 1 saturated heterocycles. The third-order valence-electron chi connectivity index (χ3n) is 3.69. The zero-order valence-corrected chi connectivity index (χ0v) is 11.5. The molecule has 0 bridgehead atoms. The monoisotopic (exact) mass is 283 g/mol. The third kappa shape index (κ3) is 2.81. The molecule has 1 fully saturated rings. The summed E-state index contributed by atoms with van der Waals surface area (Å²) in [6, 6.07) is 3.95. The van der Waals surface area contributed by atoms with E-state index in [2.05, 4.69) is 4.90 Å². The molecule has 2 heterocycles. The van der Waals surface area contributed by atoms with E-state index < -0.39 is 0 Å². The molecule has 4 nitrogen and oxygen atoms in total. The highest BCUT2D eigenvalue weighted by Gasteiger charge is 2.23. The highest BCUT2D eigenvalue weighted by Crippen LogP contribution is 2.38. The fourth-order valence-corrected chi connectivity index (χ4v) is 3.01. The van der Waals surface area contributed by atoms with Gasteiger partial charge < -0.3 is 14.6 Å². The molecule has 0 aromatic heterocycles. The average molecular weight is 284 g/mol. The molecule has 0 amide bonds. The van der Waals surface area contributed by atoms with Crippen LogP contribution in [0, 0.1) is 5.92 Å². The van der Waals surface area contributed by atoms with E-state index in [1.165, 1.54) is 0 Å². The zero-order chi connectivity index (χ0) is 13.2. The predicted molar refractivity (Wildman–Crippen MR) is 72.9 cm³/mol. The molecule has 2 aliphatic heterocycles. The molecule has 3 rings (SSSR count). The van der Waals surface area contributed by atoms with Crippen molar-refractivity contribution in [2.75, 3.05) is 32.9 Å². The first-order valence-corrected chi connectivity index (χ1v) is 7.05. The Morgan fingerprint density at radius 1 is 1.32 bits per heavy atom. The lowest BCUT2D eigenvalue weighted by atomic mass is 10.1. The number of likely N-dealkylation sites (tertiary alicyclic amines) is 1. The van der Waals surface area contributed by atoms with Crippen LogP contribution in [0.3, 0.4) is 0 Å². The predicted octanol–water partition coefficient (Wildman–Crippen LogP) is 1.93. The van der Waals surface area contributed by atoms with Gasteiger partial charge in [-0.3, -0.25) is 4.90 Å². The largest absolute Gasteiger partial charge is 0.486 e. The lowest BCUT2D eigenvalue weighted by Gasteiger charge is -2.22. The second-order valence-electron chi connectivity index (χ2n) is 5.17. The van der Waals surface area contributed by atoms with Gasteiger partial charge in [-0.1, -0.05) is 11.6 Å². The minimum atomic E-state index is 0.276. The fraction of sp³-hybridized carbons (Fsp3) is 0.571. The summed E-state index contributed by atoms with van der Waals surface area (Å²) in [6.07, 6.45) is 1.06. The third-order valence-corrected chi connectivity index (χ3v) is 3.97. The molecule has 5 heteroatoms. The number of nitrogens with zero attached hydrogens (tertiary/aromatic N) is 1. The number of aliphatic hydroxyl groups is 1. The van der Waals surface area contributed by atoms with Gasteiger partial charge in [-0.25, -0.2) is 0 Å². The summed E-state index contributed by atoms with van der Waals surface area (Å²) >= 11 is 6.23. The highest BCUT2D eigenvalue weighted by atomic mass is 35.5. The van der Waals surface area contributed by atoms with Gasteiger partial charge in [0, 0.05) is 19.7 Å². The molecule has 1 aromatic rings. The number of aliphatic hydroxyl groups excluding tert-OH is 1. The van der Waals surface area contributed by atoms with E-state index in [1.54, 1.807) is 0 Å². The highest BCUT2D eigenvalue weighted by molar-refractivity contribution is 6.32. The van der Waals surface area contributed by atoms with Gasteiger partial charge >= 0.3 is 0 Å². The van der Waals surface area contributed by atoms with Gasteiger partial charge in [0.25, 0.3) is 0 Å². The molecule has 0 spiro atoms. The quantitative estimate of drug-likeness (QED) is 0.920. The maximum absolute atomic E-state index is 9.17. The minimum Gasteiger partial charge on any atom is -0.486 e. The Hall–Kier alpha value is -0.970. The molecule has 1 atom stereocenters. The molecule has 0 radical (unpaired) electrons. The van der Waals surface area contributed by atoms with Crippen LogP contribution in [0.2, 0.25) is 5.02 Å². The van der Waals surface area contributed by atoms with Crippen LogP contribution in [-0.2, 0) is 6.54 Å². The summed E-state index contributed by atoms with van der Waals surface area (Å²) in [6.45, 7) is 4.21. The summed E-state index contributed by atoms with van der Waals surface area (Å²) in [5.74, 6) is 1.81. The van der Waals surface area contributed by atoms with Gasteiger partial charge in [0.1, 0.15) is 13.2 Å². The van der Waals surface area contributed by atoms with Crippen molar-refractivity contribution < 1.29 is 14.6 Å². The van der Waals surface area contributed by atoms with E-state index in [4.69, 9.17) is 26.2 Å². The number of ether oxygens (including phenoxy) is 2. The SMILES string of the molecule is OCC1CCN(Cc2cc(Cl)c3c(c2)OCCO3)C1. The first-order valence-electron chi connectivity index (χ1n) is 6.67. The van der Waals surface area contributed by atoms with E-state index in [1.807, 2.05) is 12.1 Å². The van der Waals surface area contributed by atoms with Crippen molar-refractivity contribution in [1.82, 2.24) is 4.90 Å². The Morgan fingerprint density at radius 2 is 2.16 bits per heavy atom. The summed E-state index contributed by atoms with van der Waals surface area (Å²) in [5.41, 5.74) is 1.13. The van der Waals surface area contributed by atoms with Gasteiger partial charge in [0.2, 0.25) is 0 Å². The van der Waals surface area contributed by atoms with Gasteiger partial charge in [-0.15, -0.1) is 0 Å². The van der Waals surface area contributed by atoms with Crippen molar-refractivity contribution in [2.45, 2.75) is 13.0 Å². The molecule has 0 aliphatic carbocycles. The maximum Gasteiger partial charge on any atom is 0.179 e. The van der Waals surface area contributed by atoms with Crippen molar-refractivity contribution in [3.05, 3.63) is 22.7 Å². The van der Waals surface area contributed by atoms with E-state index in [0.29, 0.717) is 29.9 Å². The maximum atomic E-state index is 9.17. The molecule has 1 unspecified atom stereocenters. The van der Waals surface area contributed by atoms with Gasteiger partial charge in [-0.2, -0.15) is 0 Å². The van der Waals surface area contributed by atoms with E-state index >= 15 is 0 Å². The Labute approximate surface area is 117 Å². The summed E-state index contributed by atoms with van der Waals surface area (Å²) in [7, 11) is 0. The molecular weight excluding hydrogens is 266 g/mol. The van der Waals surface area contributed by atoms with Crippen LogP contribution in [0.5, 0.6) is 11.5 Å². The van der Waals surface area contributed by atoms with Crippen molar-refractivity contribution >= 4 is 11.6 Å². The first kappa shape index (κ1) is 13.0. The Kier molecular flexibility index (Phi) is 3.82. The number of halogens is 1. The Balaban J connectivity index is 1.73. The summed E-state index contributed by atoms with van der Waals surface area (Å²) < 4.78 is 11.1. The topological polar surface area (TPSA) is 41.9 Å². The van der Waals surface area contributed by atoms with Crippen LogP contribution >= 0.6 is 11.6 Å². The molecule has 104 valence electrons. The van der Waals surface area contributed by atoms with Crippen molar-refractivity contribution in [3.63, 3.8) is 0 Å². The molecule has 19 heavy (non-hydrogen) atoms. The van der Waals surface area contributed by atoms with Crippen LogP contribution < -0.4 is 9.47 Å². The standard InChI is InChI=1S/C14H18ClNO3/c15-12-5-11(6-13-14(12)19-4-3-18-13)8-16-2-1-10(7-16)9-17/h5-6,10,17H,1-4,7-9H2. The number of benzene rings is 1. The van der Waals surface area contributed by atoms with E-state index in [0.717, 1.165) is 37.4 Å². The molecule has 0 saturated carbocycles. The Bertz CT molecular complexity index is 466. The minimum absolute atomic E-state index is 0.276. The van der Waals surface area contributed by atoms with Crippen molar-refractivity contribution in [3.8, 4) is 11.5 Å².